The van der Waals surface area contributed by atoms with Gasteiger partial charge in [-0.25, -0.2) is 4.98 Å². The molecule has 0 aliphatic heterocycles. The minimum absolute atomic E-state index is 0.0992. The summed E-state index contributed by atoms with van der Waals surface area (Å²) in [5.41, 5.74) is 2.60. The molecule has 0 bridgehead atoms. The first-order valence-corrected chi connectivity index (χ1v) is 9.75. The zero-order chi connectivity index (χ0) is 19.4. The maximum Gasteiger partial charge on any atom is 0.227 e. The number of rotatable bonds is 6. The normalized spacial score (nSPS) is 19.7. The predicted molar refractivity (Wildman–Crippen MR) is 104 cm³/mol. The van der Waals surface area contributed by atoms with Crippen molar-refractivity contribution in [2.75, 3.05) is 0 Å². The van der Waals surface area contributed by atoms with Crippen molar-refractivity contribution in [1.82, 2.24) is 10.3 Å². The third-order valence-electron chi connectivity index (χ3n) is 5.37. The Morgan fingerprint density at radius 2 is 1.85 bits per heavy atom. The molecular weight excluding hydrogens is 340 g/mol. The quantitative estimate of drug-likeness (QED) is 0.777. The number of ketones is 1. The first-order chi connectivity index (χ1) is 12.9. The van der Waals surface area contributed by atoms with Gasteiger partial charge in [-0.15, -0.1) is 0 Å². The van der Waals surface area contributed by atoms with Crippen molar-refractivity contribution in [2.24, 2.45) is 5.92 Å². The van der Waals surface area contributed by atoms with E-state index in [4.69, 9.17) is 4.42 Å². The second kappa shape index (κ2) is 8.51. The van der Waals surface area contributed by atoms with Crippen LogP contribution < -0.4 is 5.32 Å². The molecule has 1 heterocycles. The molecule has 1 saturated carbocycles. The molecule has 1 N–H and O–H groups in total. The summed E-state index contributed by atoms with van der Waals surface area (Å²) in [6.45, 7) is 6.05. The average molecular weight is 368 g/mol. The van der Waals surface area contributed by atoms with Crippen LogP contribution in [0.2, 0.25) is 0 Å². The molecule has 144 valence electrons. The largest absolute Gasteiger partial charge is 0.441 e. The van der Waals surface area contributed by atoms with E-state index in [-0.39, 0.29) is 30.6 Å². The number of Topliss-reactive ketones (excluding diaryl/α,β-unsaturated/α-hetero) is 1. The van der Waals surface area contributed by atoms with Gasteiger partial charge < -0.3 is 9.73 Å². The number of nitrogens with zero attached hydrogens (tertiary/aromatic N) is 1. The Balaban J connectivity index is 1.56. The van der Waals surface area contributed by atoms with Gasteiger partial charge >= 0.3 is 0 Å². The zero-order valence-electron chi connectivity index (χ0n) is 16.4. The lowest BCUT2D eigenvalue weighted by atomic mass is 9.87. The topological polar surface area (TPSA) is 72.2 Å². The Morgan fingerprint density at radius 1 is 1.15 bits per heavy atom. The molecule has 0 atom stereocenters. The molecule has 2 aromatic rings. The molecule has 0 unspecified atom stereocenters. The third-order valence-corrected chi connectivity index (χ3v) is 5.37. The van der Waals surface area contributed by atoms with E-state index >= 15 is 0 Å². The number of aromatic nitrogens is 1. The number of hydrogen-bond donors (Lipinski definition) is 1. The van der Waals surface area contributed by atoms with Gasteiger partial charge in [-0.1, -0.05) is 25.1 Å². The summed E-state index contributed by atoms with van der Waals surface area (Å²) in [5.74, 6) is 1.57. The van der Waals surface area contributed by atoms with Gasteiger partial charge in [0, 0.05) is 11.6 Å². The summed E-state index contributed by atoms with van der Waals surface area (Å²) < 4.78 is 5.76. The van der Waals surface area contributed by atoms with E-state index in [2.05, 4.69) is 17.2 Å². The van der Waals surface area contributed by atoms with Crippen molar-refractivity contribution in [3.63, 3.8) is 0 Å². The van der Waals surface area contributed by atoms with Crippen LogP contribution in [0.3, 0.4) is 0 Å². The number of carbonyl (C=O) groups excluding carboxylic acids is 2. The molecule has 1 amide bonds. The Kier molecular flexibility index (Phi) is 6.09. The molecular formula is C22H28N2O3. The highest BCUT2D eigenvalue weighted by Gasteiger charge is 2.22. The Morgan fingerprint density at radius 3 is 2.56 bits per heavy atom. The Labute approximate surface area is 160 Å². The van der Waals surface area contributed by atoms with Crippen LogP contribution in [-0.4, -0.2) is 22.7 Å². The fourth-order valence-electron chi connectivity index (χ4n) is 3.63. The van der Waals surface area contributed by atoms with E-state index in [1.165, 1.54) is 0 Å². The van der Waals surface area contributed by atoms with Crippen molar-refractivity contribution in [3.8, 4) is 11.5 Å². The van der Waals surface area contributed by atoms with Crippen LogP contribution in [0, 0.1) is 19.8 Å². The molecule has 0 saturated heterocycles. The minimum atomic E-state index is -0.181. The number of benzene rings is 1. The lowest BCUT2D eigenvalue weighted by Gasteiger charge is -2.26. The molecule has 3 rings (SSSR count). The van der Waals surface area contributed by atoms with E-state index < -0.39 is 0 Å². The van der Waals surface area contributed by atoms with Gasteiger partial charge in [0.05, 0.1) is 18.5 Å². The van der Waals surface area contributed by atoms with Crippen LogP contribution in [0.1, 0.15) is 56.0 Å². The van der Waals surface area contributed by atoms with Crippen molar-refractivity contribution < 1.29 is 14.0 Å². The summed E-state index contributed by atoms with van der Waals surface area (Å²) in [4.78, 5) is 29.0. The number of nitrogens with one attached hydrogen (secondary N) is 1. The number of amides is 1. The Bertz CT molecular complexity index is 817. The van der Waals surface area contributed by atoms with Crippen molar-refractivity contribution in [1.29, 1.82) is 0 Å². The lowest BCUT2D eigenvalue weighted by Crippen LogP contribution is -2.38. The monoisotopic (exact) mass is 368 g/mol. The van der Waals surface area contributed by atoms with Crippen LogP contribution in [-0.2, 0) is 16.0 Å². The molecule has 0 spiro atoms. The highest BCUT2D eigenvalue weighted by molar-refractivity contribution is 5.98. The smallest absolute Gasteiger partial charge is 0.227 e. The second-order valence-electron chi connectivity index (χ2n) is 7.75. The van der Waals surface area contributed by atoms with Crippen LogP contribution in [0.5, 0.6) is 0 Å². The number of oxazole rings is 1. The summed E-state index contributed by atoms with van der Waals surface area (Å²) in [5, 5.41) is 3.01. The van der Waals surface area contributed by atoms with Crippen molar-refractivity contribution in [2.45, 2.75) is 65.3 Å². The summed E-state index contributed by atoms with van der Waals surface area (Å²) in [7, 11) is 0. The molecule has 27 heavy (non-hydrogen) atoms. The van der Waals surface area contributed by atoms with E-state index in [1.54, 1.807) is 6.92 Å². The summed E-state index contributed by atoms with van der Waals surface area (Å²) in [6.07, 6.45) is 4.30. The zero-order valence-corrected chi connectivity index (χ0v) is 16.4. The van der Waals surface area contributed by atoms with Crippen LogP contribution >= 0.6 is 0 Å². The Hall–Kier alpha value is -2.43. The van der Waals surface area contributed by atoms with E-state index in [9.17, 15) is 9.59 Å². The fraction of sp³-hybridized carbons (Fsp3) is 0.500. The van der Waals surface area contributed by atoms with Gasteiger partial charge in [0.15, 0.2) is 0 Å². The van der Waals surface area contributed by atoms with E-state index in [1.807, 2.05) is 31.2 Å². The average Bonchev–Trinajstić information content (AvgIpc) is 2.97. The van der Waals surface area contributed by atoms with E-state index in [0.717, 1.165) is 42.7 Å². The number of hydrogen-bond acceptors (Lipinski definition) is 4. The minimum Gasteiger partial charge on any atom is -0.441 e. The first kappa shape index (κ1) is 19.3. The van der Waals surface area contributed by atoms with Gasteiger partial charge in [0.2, 0.25) is 11.8 Å². The van der Waals surface area contributed by atoms with Gasteiger partial charge in [0.25, 0.3) is 0 Å². The number of aryl methyl sites for hydroxylation is 2. The summed E-state index contributed by atoms with van der Waals surface area (Å²) >= 11 is 0. The van der Waals surface area contributed by atoms with E-state index in [0.29, 0.717) is 17.3 Å². The van der Waals surface area contributed by atoms with Gasteiger partial charge in [-0.05, 0) is 57.1 Å². The standard InChI is InChI=1S/C22H28N2O3/c1-14-8-10-17(11-9-14)23-21(26)13-18(25)12-20-16(3)27-22(24-20)19-7-5-4-6-15(19)2/h4-7,14,17H,8-13H2,1-3H3,(H,23,26). The van der Waals surface area contributed by atoms with Crippen molar-refractivity contribution in [3.05, 3.63) is 41.3 Å². The third kappa shape index (κ3) is 5.06. The maximum atomic E-state index is 12.3. The van der Waals surface area contributed by atoms with Crippen LogP contribution in [0.4, 0.5) is 0 Å². The van der Waals surface area contributed by atoms with Gasteiger partial charge in [-0.2, -0.15) is 0 Å². The molecule has 1 fully saturated rings. The first-order valence-electron chi connectivity index (χ1n) is 9.75. The molecule has 5 heteroatoms. The molecule has 0 radical (unpaired) electrons. The van der Waals surface area contributed by atoms with Crippen LogP contribution in [0.25, 0.3) is 11.5 Å². The lowest BCUT2D eigenvalue weighted by molar-refractivity contribution is -0.128. The van der Waals surface area contributed by atoms with Gasteiger partial charge in [0.1, 0.15) is 11.5 Å². The highest BCUT2D eigenvalue weighted by atomic mass is 16.4. The molecule has 1 aliphatic rings. The fourth-order valence-corrected chi connectivity index (χ4v) is 3.63. The van der Waals surface area contributed by atoms with Crippen LogP contribution in [0.15, 0.2) is 28.7 Å². The van der Waals surface area contributed by atoms with Gasteiger partial charge in [-0.3, -0.25) is 9.59 Å². The number of carbonyl (C=O) groups is 2. The predicted octanol–water partition coefficient (Wildman–Crippen LogP) is 4.16. The maximum absolute atomic E-state index is 12.3. The van der Waals surface area contributed by atoms with Crippen molar-refractivity contribution >= 4 is 11.7 Å². The molecule has 1 aromatic heterocycles. The second-order valence-corrected chi connectivity index (χ2v) is 7.75. The highest BCUT2D eigenvalue weighted by Crippen LogP contribution is 2.25. The SMILES string of the molecule is Cc1ccccc1-c1nc(CC(=O)CC(=O)NC2CCC(C)CC2)c(C)o1. The molecule has 1 aliphatic carbocycles. The molecule has 1 aromatic carbocycles. The molecule has 5 nitrogen and oxygen atoms in total. The summed E-state index contributed by atoms with van der Waals surface area (Å²) in [6, 6.07) is 8.05.